The standard InChI is InChI=1S/C22H28N4OS/c1-18-3-2-4-20(13-18)26-8-7-23-22(26)16-24-9-10-25(21(15-24)5-11-27)14-19-6-12-28-17-19/h2-4,6-8,12-13,17,21,27H,5,9-11,14-16H2,1H3. The number of thiophene rings is 1. The maximum Gasteiger partial charge on any atom is 0.127 e. The first kappa shape index (κ1) is 19.3. The van der Waals surface area contributed by atoms with Gasteiger partial charge in [0.2, 0.25) is 0 Å². The molecule has 0 saturated carbocycles. The van der Waals surface area contributed by atoms with Gasteiger partial charge in [-0.3, -0.25) is 9.80 Å². The third-order valence-corrected chi connectivity index (χ3v) is 6.21. The number of imidazole rings is 1. The van der Waals surface area contributed by atoms with Crippen LogP contribution in [0.2, 0.25) is 0 Å². The highest BCUT2D eigenvalue weighted by atomic mass is 32.1. The highest BCUT2D eigenvalue weighted by molar-refractivity contribution is 7.07. The second-order valence-corrected chi connectivity index (χ2v) is 8.34. The summed E-state index contributed by atoms with van der Waals surface area (Å²) in [6.45, 7) is 7.15. The lowest BCUT2D eigenvalue weighted by Gasteiger charge is -2.41. The van der Waals surface area contributed by atoms with Gasteiger partial charge in [0.1, 0.15) is 5.82 Å². The number of nitrogens with zero attached hydrogens (tertiary/aromatic N) is 4. The average molecular weight is 397 g/mol. The highest BCUT2D eigenvalue weighted by Gasteiger charge is 2.27. The summed E-state index contributed by atoms with van der Waals surface area (Å²) < 4.78 is 2.19. The van der Waals surface area contributed by atoms with E-state index < -0.39 is 0 Å². The molecule has 1 saturated heterocycles. The van der Waals surface area contributed by atoms with Crippen molar-refractivity contribution >= 4 is 11.3 Å². The second-order valence-electron chi connectivity index (χ2n) is 7.56. The van der Waals surface area contributed by atoms with Crippen LogP contribution in [0.5, 0.6) is 0 Å². The first-order valence-electron chi connectivity index (χ1n) is 9.90. The predicted octanol–water partition coefficient (Wildman–Crippen LogP) is 3.31. The van der Waals surface area contributed by atoms with Crippen molar-refractivity contribution in [2.75, 3.05) is 26.2 Å². The maximum absolute atomic E-state index is 9.56. The Morgan fingerprint density at radius 2 is 2.14 bits per heavy atom. The smallest absolute Gasteiger partial charge is 0.127 e. The summed E-state index contributed by atoms with van der Waals surface area (Å²) in [7, 11) is 0. The molecule has 0 spiro atoms. The number of aliphatic hydroxyl groups excluding tert-OH is 1. The van der Waals surface area contributed by atoms with Crippen molar-refractivity contribution in [3.63, 3.8) is 0 Å². The molecule has 6 heteroatoms. The Kier molecular flexibility index (Phi) is 6.22. The molecule has 4 rings (SSSR count). The van der Waals surface area contributed by atoms with E-state index in [1.54, 1.807) is 11.3 Å². The fraction of sp³-hybridized carbons (Fsp3) is 0.409. The van der Waals surface area contributed by atoms with Gasteiger partial charge in [-0.2, -0.15) is 11.3 Å². The molecule has 5 nitrogen and oxygen atoms in total. The molecule has 148 valence electrons. The molecule has 0 radical (unpaired) electrons. The van der Waals surface area contributed by atoms with Crippen molar-refractivity contribution in [2.24, 2.45) is 0 Å². The molecule has 1 N–H and O–H groups in total. The summed E-state index contributed by atoms with van der Waals surface area (Å²) in [4.78, 5) is 9.61. The first-order chi connectivity index (χ1) is 13.7. The Balaban J connectivity index is 1.44. The average Bonchev–Trinajstić information content (AvgIpc) is 3.36. The van der Waals surface area contributed by atoms with Crippen LogP contribution >= 0.6 is 11.3 Å². The van der Waals surface area contributed by atoms with Gasteiger partial charge in [0, 0.05) is 56.9 Å². The monoisotopic (exact) mass is 396 g/mol. The van der Waals surface area contributed by atoms with Gasteiger partial charge < -0.3 is 9.67 Å². The van der Waals surface area contributed by atoms with Gasteiger partial charge in [-0.25, -0.2) is 4.98 Å². The summed E-state index contributed by atoms with van der Waals surface area (Å²) in [5.41, 5.74) is 3.79. The molecule has 1 atom stereocenters. The third-order valence-electron chi connectivity index (χ3n) is 5.48. The molecule has 3 heterocycles. The molecule has 1 aromatic carbocycles. The molecule has 0 bridgehead atoms. The Hall–Kier alpha value is -1.99. The summed E-state index contributed by atoms with van der Waals surface area (Å²) in [6.07, 6.45) is 4.74. The van der Waals surface area contributed by atoms with Gasteiger partial charge in [-0.05, 0) is 53.4 Å². The lowest BCUT2D eigenvalue weighted by atomic mass is 10.1. The molecule has 3 aromatic rings. The van der Waals surface area contributed by atoms with Crippen LogP contribution in [0, 0.1) is 6.92 Å². The molecule has 0 aliphatic carbocycles. The Morgan fingerprint density at radius 1 is 1.21 bits per heavy atom. The van der Waals surface area contributed by atoms with Crippen molar-refractivity contribution in [2.45, 2.75) is 32.5 Å². The summed E-state index contributed by atoms with van der Waals surface area (Å²) in [6, 6.07) is 11.1. The van der Waals surface area contributed by atoms with Gasteiger partial charge in [-0.15, -0.1) is 0 Å². The van der Waals surface area contributed by atoms with Crippen molar-refractivity contribution in [1.82, 2.24) is 19.4 Å². The highest BCUT2D eigenvalue weighted by Crippen LogP contribution is 2.20. The van der Waals surface area contributed by atoms with Gasteiger partial charge in [0.15, 0.2) is 0 Å². The van der Waals surface area contributed by atoms with E-state index in [1.807, 2.05) is 12.4 Å². The Bertz CT molecular complexity index is 876. The lowest BCUT2D eigenvalue weighted by molar-refractivity contribution is 0.0486. The first-order valence-corrected chi connectivity index (χ1v) is 10.8. The third kappa shape index (κ3) is 4.52. The quantitative estimate of drug-likeness (QED) is 0.665. The van der Waals surface area contributed by atoms with E-state index in [9.17, 15) is 5.11 Å². The number of rotatable bonds is 7. The summed E-state index contributed by atoms with van der Waals surface area (Å²) in [5.74, 6) is 1.07. The number of aryl methyl sites for hydroxylation is 1. The van der Waals surface area contributed by atoms with E-state index in [0.717, 1.165) is 50.7 Å². The molecular formula is C22H28N4OS. The van der Waals surface area contributed by atoms with Gasteiger partial charge in [0.05, 0.1) is 6.54 Å². The summed E-state index contributed by atoms with van der Waals surface area (Å²) in [5, 5.41) is 13.9. The van der Waals surface area contributed by atoms with E-state index >= 15 is 0 Å². The topological polar surface area (TPSA) is 44.5 Å². The molecule has 1 fully saturated rings. The van der Waals surface area contributed by atoms with Crippen LogP contribution < -0.4 is 0 Å². The molecule has 28 heavy (non-hydrogen) atoms. The fourth-order valence-corrected chi connectivity index (χ4v) is 4.67. The van der Waals surface area contributed by atoms with Crippen molar-refractivity contribution in [3.8, 4) is 5.69 Å². The number of aliphatic hydroxyl groups is 1. The van der Waals surface area contributed by atoms with Gasteiger partial charge in [0.25, 0.3) is 0 Å². The van der Waals surface area contributed by atoms with Crippen LogP contribution in [0.25, 0.3) is 5.69 Å². The van der Waals surface area contributed by atoms with Crippen molar-refractivity contribution in [1.29, 1.82) is 0 Å². The minimum Gasteiger partial charge on any atom is -0.396 e. The van der Waals surface area contributed by atoms with Crippen molar-refractivity contribution in [3.05, 3.63) is 70.4 Å². The Labute approximate surface area is 170 Å². The maximum atomic E-state index is 9.56. The van der Waals surface area contributed by atoms with Crippen LogP contribution in [-0.4, -0.2) is 56.7 Å². The van der Waals surface area contributed by atoms with Crippen LogP contribution in [0.4, 0.5) is 0 Å². The van der Waals surface area contributed by atoms with Crippen LogP contribution in [-0.2, 0) is 13.1 Å². The van der Waals surface area contributed by atoms with E-state index in [-0.39, 0.29) is 6.61 Å². The number of aromatic nitrogens is 2. The SMILES string of the molecule is Cc1cccc(-n2ccnc2CN2CCN(Cc3ccsc3)C(CCO)C2)c1. The van der Waals surface area contributed by atoms with Crippen molar-refractivity contribution < 1.29 is 5.11 Å². The van der Waals surface area contributed by atoms with Crippen LogP contribution in [0.3, 0.4) is 0 Å². The van der Waals surface area contributed by atoms with E-state index in [1.165, 1.54) is 11.1 Å². The zero-order valence-electron chi connectivity index (χ0n) is 16.4. The zero-order valence-corrected chi connectivity index (χ0v) is 17.2. The molecule has 1 aliphatic heterocycles. The van der Waals surface area contributed by atoms with Crippen LogP contribution in [0.15, 0.2) is 53.5 Å². The number of benzene rings is 1. The number of hydrogen-bond acceptors (Lipinski definition) is 5. The Morgan fingerprint density at radius 3 is 2.93 bits per heavy atom. The zero-order chi connectivity index (χ0) is 19.3. The normalized spacial score (nSPS) is 18.6. The summed E-state index contributed by atoms with van der Waals surface area (Å²) >= 11 is 1.75. The van der Waals surface area contributed by atoms with E-state index in [4.69, 9.17) is 0 Å². The molecular weight excluding hydrogens is 368 g/mol. The fourth-order valence-electron chi connectivity index (χ4n) is 4.01. The van der Waals surface area contributed by atoms with Gasteiger partial charge in [-0.1, -0.05) is 12.1 Å². The van der Waals surface area contributed by atoms with E-state index in [2.05, 4.69) is 67.4 Å². The molecule has 1 aliphatic rings. The minimum absolute atomic E-state index is 0.233. The largest absolute Gasteiger partial charge is 0.396 e. The van der Waals surface area contributed by atoms with Gasteiger partial charge >= 0.3 is 0 Å². The molecule has 1 unspecified atom stereocenters. The second kappa shape index (κ2) is 9.01. The number of hydrogen-bond donors (Lipinski definition) is 1. The minimum atomic E-state index is 0.233. The van der Waals surface area contributed by atoms with Crippen LogP contribution in [0.1, 0.15) is 23.4 Å². The van der Waals surface area contributed by atoms with E-state index in [0.29, 0.717) is 6.04 Å². The molecule has 0 amide bonds. The molecule has 2 aromatic heterocycles. The predicted molar refractivity (Wildman–Crippen MR) is 114 cm³/mol. The number of piperazine rings is 1. The lowest BCUT2D eigenvalue weighted by Crippen LogP contribution is -2.52.